The fraction of sp³-hybridized carbons (Fsp3) is 0.286. The minimum atomic E-state index is -1.11. The van der Waals surface area contributed by atoms with E-state index in [2.05, 4.69) is 15.2 Å². The summed E-state index contributed by atoms with van der Waals surface area (Å²) in [5.74, 6) is -1.61. The molecule has 0 saturated carbocycles. The van der Waals surface area contributed by atoms with Crippen molar-refractivity contribution in [2.45, 2.75) is 36.7 Å². The van der Waals surface area contributed by atoms with Gasteiger partial charge in [0.1, 0.15) is 5.82 Å². The minimum Gasteiger partial charge on any atom is -0.478 e. The van der Waals surface area contributed by atoms with Crippen LogP contribution >= 0.6 is 11.8 Å². The molecule has 2 rings (SSSR count). The van der Waals surface area contributed by atoms with Gasteiger partial charge in [0.15, 0.2) is 0 Å². The smallest absolute Gasteiger partial charge is 0.335 e. The summed E-state index contributed by atoms with van der Waals surface area (Å²) in [4.78, 5) is 15.4. The molecule has 0 bridgehead atoms. The van der Waals surface area contributed by atoms with E-state index in [1.54, 1.807) is 0 Å². The summed E-state index contributed by atoms with van der Waals surface area (Å²) in [5.41, 5.74) is 1.67. The second-order valence-electron chi connectivity index (χ2n) is 4.25. The Morgan fingerprint density at radius 1 is 1.24 bits per heavy atom. The Balaban J connectivity index is 2.33. The number of halogens is 1. The molecule has 0 unspecified atom stereocenters. The first-order valence-corrected chi connectivity index (χ1v) is 7.30. The monoisotopic (exact) mass is 307 g/mol. The van der Waals surface area contributed by atoms with E-state index in [1.807, 2.05) is 13.8 Å². The van der Waals surface area contributed by atoms with Crippen molar-refractivity contribution in [1.29, 1.82) is 0 Å². The van der Waals surface area contributed by atoms with Crippen molar-refractivity contribution < 1.29 is 14.3 Å². The highest BCUT2D eigenvalue weighted by Gasteiger charge is 2.13. The molecule has 1 N–H and O–H groups in total. The number of aromatic carboxylic acids is 1. The van der Waals surface area contributed by atoms with Gasteiger partial charge in [-0.15, -0.1) is 5.10 Å². The van der Waals surface area contributed by atoms with Crippen molar-refractivity contribution >= 4 is 17.7 Å². The standard InChI is InChI=1S/C14H14FN3O2S/c1-3-10-11(4-2)17-18-14(16-10)21-12-7-8(13(19)20)5-6-9(12)15/h5-7H,3-4H2,1-2H3,(H,19,20). The molecular weight excluding hydrogens is 293 g/mol. The molecule has 0 aliphatic heterocycles. The second-order valence-corrected chi connectivity index (χ2v) is 5.26. The average Bonchev–Trinajstić information content (AvgIpc) is 2.49. The van der Waals surface area contributed by atoms with E-state index in [1.165, 1.54) is 12.1 Å². The molecule has 0 aliphatic carbocycles. The van der Waals surface area contributed by atoms with Crippen LogP contribution in [0.4, 0.5) is 4.39 Å². The number of hydrogen-bond donors (Lipinski definition) is 1. The Kier molecular flexibility index (Phi) is 4.85. The minimum absolute atomic E-state index is 0.0211. The number of hydrogen-bond acceptors (Lipinski definition) is 5. The topological polar surface area (TPSA) is 76.0 Å². The molecule has 5 nitrogen and oxygen atoms in total. The number of carboxylic acids is 1. The van der Waals surface area contributed by atoms with Crippen molar-refractivity contribution in [2.75, 3.05) is 0 Å². The second kappa shape index (κ2) is 6.62. The molecule has 0 saturated heterocycles. The molecule has 110 valence electrons. The number of carboxylic acid groups (broad SMARTS) is 1. The van der Waals surface area contributed by atoms with E-state index in [0.717, 1.165) is 35.6 Å². The Labute approximate surface area is 125 Å². The lowest BCUT2D eigenvalue weighted by atomic mass is 10.2. The third-order valence-corrected chi connectivity index (χ3v) is 3.76. The lowest BCUT2D eigenvalue weighted by Crippen LogP contribution is -2.04. The Morgan fingerprint density at radius 2 is 1.95 bits per heavy atom. The zero-order valence-corrected chi connectivity index (χ0v) is 12.4. The fourth-order valence-corrected chi connectivity index (χ4v) is 2.56. The lowest BCUT2D eigenvalue weighted by Gasteiger charge is -2.06. The van der Waals surface area contributed by atoms with Crippen molar-refractivity contribution in [3.05, 3.63) is 41.0 Å². The molecule has 0 aliphatic rings. The summed E-state index contributed by atoms with van der Waals surface area (Å²) in [6.45, 7) is 3.93. The summed E-state index contributed by atoms with van der Waals surface area (Å²) in [6, 6.07) is 3.61. The molecule has 1 aromatic carbocycles. The predicted molar refractivity (Wildman–Crippen MR) is 76.1 cm³/mol. The third-order valence-electron chi connectivity index (χ3n) is 2.87. The maximum absolute atomic E-state index is 13.8. The first kappa shape index (κ1) is 15.4. The van der Waals surface area contributed by atoms with Crippen molar-refractivity contribution in [3.63, 3.8) is 0 Å². The summed E-state index contributed by atoms with van der Waals surface area (Å²) in [5, 5.41) is 17.3. The highest BCUT2D eigenvalue weighted by molar-refractivity contribution is 7.99. The third kappa shape index (κ3) is 3.55. The van der Waals surface area contributed by atoms with Gasteiger partial charge >= 0.3 is 5.97 Å². The fourth-order valence-electron chi connectivity index (χ4n) is 1.78. The number of aromatic nitrogens is 3. The predicted octanol–water partition coefficient (Wildman–Crippen LogP) is 2.98. The van der Waals surface area contributed by atoms with Crippen molar-refractivity contribution in [3.8, 4) is 0 Å². The van der Waals surface area contributed by atoms with Crippen LogP contribution in [-0.2, 0) is 12.8 Å². The van der Waals surface area contributed by atoms with Crippen LogP contribution in [0, 0.1) is 5.82 Å². The van der Waals surface area contributed by atoms with Gasteiger partial charge in [-0.2, -0.15) is 5.10 Å². The SMILES string of the molecule is CCc1nnc(Sc2cc(C(=O)O)ccc2F)nc1CC. The molecule has 0 fully saturated rings. The van der Waals surface area contributed by atoms with Crippen LogP contribution in [0.25, 0.3) is 0 Å². The number of carbonyl (C=O) groups is 1. The Bertz CT molecular complexity index is 679. The molecule has 0 atom stereocenters. The van der Waals surface area contributed by atoms with E-state index in [9.17, 15) is 9.18 Å². The van der Waals surface area contributed by atoms with Crippen LogP contribution in [0.3, 0.4) is 0 Å². The van der Waals surface area contributed by atoms with Gasteiger partial charge in [-0.3, -0.25) is 0 Å². The van der Waals surface area contributed by atoms with Gasteiger partial charge < -0.3 is 5.11 Å². The van der Waals surface area contributed by atoms with Crippen molar-refractivity contribution in [1.82, 2.24) is 15.2 Å². The van der Waals surface area contributed by atoms with Crippen LogP contribution in [0.1, 0.15) is 35.6 Å². The molecule has 0 amide bonds. The van der Waals surface area contributed by atoms with Crippen LogP contribution in [0.5, 0.6) is 0 Å². The van der Waals surface area contributed by atoms with E-state index >= 15 is 0 Å². The number of rotatable bonds is 5. The van der Waals surface area contributed by atoms with E-state index in [0.29, 0.717) is 11.6 Å². The average molecular weight is 307 g/mol. The Morgan fingerprint density at radius 3 is 2.57 bits per heavy atom. The zero-order chi connectivity index (χ0) is 15.4. The zero-order valence-electron chi connectivity index (χ0n) is 11.6. The molecule has 1 heterocycles. The van der Waals surface area contributed by atoms with Crippen LogP contribution in [-0.4, -0.2) is 26.3 Å². The molecule has 0 spiro atoms. The number of aryl methyl sites for hydroxylation is 2. The Hall–Kier alpha value is -2.02. The molecule has 21 heavy (non-hydrogen) atoms. The first-order chi connectivity index (χ1) is 10.0. The van der Waals surface area contributed by atoms with Gasteiger partial charge in [0, 0.05) is 0 Å². The maximum atomic E-state index is 13.8. The first-order valence-electron chi connectivity index (χ1n) is 6.48. The molecular formula is C14H14FN3O2S. The maximum Gasteiger partial charge on any atom is 0.335 e. The van der Waals surface area contributed by atoms with E-state index in [4.69, 9.17) is 5.11 Å². The largest absolute Gasteiger partial charge is 0.478 e. The highest BCUT2D eigenvalue weighted by Crippen LogP contribution is 2.28. The van der Waals surface area contributed by atoms with E-state index in [-0.39, 0.29) is 10.5 Å². The summed E-state index contributed by atoms with van der Waals surface area (Å²) < 4.78 is 13.8. The highest BCUT2D eigenvalue weighted by atomic mass is 32.2. The normalized spacial score (nSPS) is 10.6. The lowest BCUT2D eigenvalue weighted by molar-refractivity contribution is 0.0696. The van der Waals surface area contributed by atoms with Gasteiger partial charge in [0.25, 0.3) is 0 Å². The summed E-state index contributed by atoms with van der Waals surface area (Å²) >= 11 is 0.971. The van der Waals surface area contributed by atoms with Crippen molar-refractivity contribution in [2.24, 2.45) is 0 Å². The number of benzene rings is 1. The van der Waals surface area contributed by atoms with Crippen LogP contribution in [0.15, 0.2) is 28.3 Å². The molecule has 0 radical (unpaired) electrons. The van der Waals surface area contributed by atoms with Gasteiger partial charge in [0.2, 0.25) is 5.16 Å². The van der Waals surface area contributed by atoms with Gasteiger partial charge in [-0.25, -0.2) is 14.2 Å². The summed E-state index contributed by atoms with van der Waals surface area (Å²) in [7, 11) is 0. The molecule has 2 aromatic rings. The van der Waals surface area contributed by atoms with Gasteiger partial charge in [0.05, 0.1) is 21.8 Å². The van der Waals surface area contributed by atoms with Crippen LogP contribution in [0.2, 0.25) is 0 Å². The molecule has 1 aromatic heterocycles. The van der Waals surface area contributed by atoms with E-state index < -0.39 is 11.8 Å². The molecule has 7 heteroatoms. The summed E-state index contributed by atoms with van der Waals surface area (Å²) in [6.07, 6.45) is 1.45. The number of nitrogens with zero attached hydrogens (tertiary/aromatic N) is 3. The quantitative estimate of drug-likeness (QED) is 0.915. The van der Waals surface area contributed by atoms with Gasteiger partial charge in [-0.1, -0.05) is 13.8 Å². The van der Waals surface area contributed by atoms with Crippen LogP contribution < -0.4 is 0 Å². The van der Waals surface area contributed by atoms with Gasteiger partial charge in [-0.05, 0) is 42.8 Å².